The van der Waals surface area contributed by atoms with Gasteiger partial charge in [0.1, 0.15) is 0 Å². The van der Waals surface area contributed by atoms with Gasteiger partial charge in [-0.1, -0.05) is 0 Å². The number of aromatic nitrogens is 1. The van der Waals surface area contributed by atoms with Crippen molar-refractivity contribution in [1.82, 2.24) is 9.88 Å². The van der Waals surface area contributed by atoms with Crippen molar-refractivity contribution in [2.24, 2.45) is 0 Å². The fraction of sp³-hybridized carbons (Fsp3) is 0.500. The van der Waals surface area contributed by atoms with Crippen molar-refractivity contribution in [3.05, 3.63) is 29.8 Å². The first-order valence-corrected chi connectivity index (χ1v) is 5.65. The summed E-state index contributed by atoms with van der Waals surface area (Å²) in [6.07, 6.45) is 2.96. The number of carbonyl (C=O) groups is 1. The van der Waals surface area contributed by atoms with Crippen LogP contribution in [-0.4, -0.2) is 42.1 Å². The van der Waals surface area contributed by atoms with Crippen LogP contribution in [0.25, 0.3) is 0 Å². The van der Waals surface area contributed by atoms with Crippen molar-refractivity contribution in [2.45, 2.75) is 18.9 Å². The number of pyridine rings is 1. The van der Waals surface area contributed by atoms with Crippen molar-refractivity contribution in [3.8, 4) is 0 Å². The molecule has 2 heterocycles. The van der Waals surface area contributed by atoms with Crippen LogP contribution < -0.4 is 0 Å². The molecule has 1 aromatic rings. The fourth-order valence-corrected chi connectivity index (χ4v) is 1.94. The summed E-state index contributed by atoms with van der Waals surface area (Å²) in [5.41, 5.74) is 0.417. The molecule has 0 radical (unpaired) electrons. The maximum Gasteiger partial charge on any atom is 0.255 e. The summed E-state index contributed by atoms with van der Waals surface area (Å²) < 4.78 is 17.9. The maximum atomic E-state index is 12.7. The first-order chi connectivity index (χ1) is 8.18. The predicted octanol–water partition coefficient (Wildman–Crippen LogP) is 1.47. The Balaban J connectivity index is 2.05. The van der Waals surface area contributed by atoms with E-state index in [0.29, 0.717) is 18.8 Å². The molecule has 0 unspecified atom stereocenters. The van der Waals surface area contributed by atoms with E-state index < -0.39 is 5.95 Å². The van der Waals surface area contributed by atoms with Crippen molar-refractivity contribution < 1.29 is 13.9 Å². The molecule has 0 aliphatic carbocycles. The van der Waals surface area contributed by atoms with E-state index in [1.165, 1.54) is 18.3 Å². The first kappa shape index (κ1) is 12.0. The highest BCUT2D eigenvalue weighted by molar-refractivity contribution is 5.93. The number of carbonyl (C=O) groups excluding carboxylic acids is 1. The lowest BCUT2D eigenvalue weighted by atomic mass is 10.1. The highest BCUT2D eigenvalue weighted by Crippen LogP contribution is 2.15. The van der Waals surface area contributed by atoms with Crippen LogP contribution in [0.3, 0.4) is 0 Å². The van der Waals surface area contributed by atoms with Gasteiger partial charge in [-0.05, 0) is 25.0 Å². The van der Waals surface area contributed by atoms with Gasteiger partial charge in [0.25, 0.3) is 5.91 Å². The van der Waals surface area contributed by atoms with Crippen molar-refractivity contribution in [1.29, 1.82) is 0 Å². The maximum absolute atomic E-state index is 12.7. The third kappa shape index (κ3) is 2.79. The summed E-state index contributed by atoms with van der Waals surface area (Å²) in [6, 6.07) is 2.85. The van der Waals surface area contributed by atoms with Gasteiger partial charge in [-0.3, -0.25) is 4.79 Å². The van der Waals surface area contributed by atoms with Crippen LogP contribution in [-0.2, 0) is 4.74 Å². The lowest BCUT2D eigenvalue weighted by Crippen LogP contribution is -2.40. The summed E-state index contributed by atoms with van der Waals surface area (Å²) in [5, 5.41) is 0. The van der Waals surface area contributed by atoms with Gasteiger partial charge in [0.05, 0.1) is 5.56 Å². The Morgan fingerprint density at radius 3 is 2.76 bits per heavy atom. The molecule has 0 spiro atoms. The Morgan fingerprint density at radius 1 is 1.47 bits per heavy atom. The molecule has 5 heteroatoms. The van der Waals surface area contributed by atoms with Gasteiger partial charge in [-0.25, -0.2) is 4.98 Å². The number of rotatable bonds is 2. The molecular formula is C12H15FN2O2. The van der Waals surface area contributed by atoms with Gasteiger partial charge in [-0.15, -0.1) is 0 Å². The zero-order chi connectivity index (χ0) is 12.3. The summed E-state index contributed by atoms with van der Waals surface area (Å²) >= 11 is 0. The largest absolute Gasteiger partial charge is 0.381 e. The minimum absolute atomic E-state index is 0.121. The minimum Gasteiger partial charge on any atom is -0.381 e. The normalized spacial score (nSPS) is 16.8. The Morgan fingerprint density at radius 2 is 2.18 bits per heavy atom. The Kier molecular flexibility index (Phi) is 3.68. The SMILES string of the molecule is CN(C(=O)c1ccc(F)nc1)C1CCOCC1. The van der Waals surface area contributed by atoms with Gasteiger partial charge in [0.2, 0.25) is 5.95 Å². The van der Waals surface area contributed by atoms with Gasteiger partial charge in [-0.2, -0.15) is 4.39 Å². The molecule has 1 aromatic heterocycles. The van der Waals surface area contributed by atoms with Crippen LogP contribution in [0.4, 0.5) is 4.39 Å². The average molecular weight is 238 g/mol. The lowest BCUT2D eigenvalue weighted by molar-refractivity contribution is 0.0362. The zero-order valence-electron chi connectivity index (χ0n) is 9.73. The third-order valence-electron chi connectivity index (χ3n) is 3.03. The molecule has 1 saturated heterocycles. The van der Waals surface area contributed by atoms with E-state index in [2.05, 4.69) is 4.98 Å². The van der Waals surface area contributed by atoms with Crippen LogP contribution in [0.1, 0.15) is 23.2 Å². The van der Waals surface area contributed by atoms with Gasteiger partial charge < -0.3 is 9.64 Å². The molecule has 92 valence electrons. The third-order valence-corrected chi connectivity index (χ3v) is 3.03. The number of halogens is 1. The van der Waals surface area contributed by atoms with Gasteiger partial charge >= 0.3 is 0 Å². The molecule has 1 aliphatic rings. The van der Waals surface area contributed by atoms with E-state index in [4.69, 9.17) is 4.74 Å². The molecule has 4 nitrogen and oxygen atoms in total. The quantitative estimate of drug-likeness (QED) is 0.733. The first-order valence-electron chi connectivity index (χ1n) is 5.65. The van der Waals surface area contributed by atoms with E-state index in [1.807, 2.05) is 0 Å². The summed E-state index contributed by atoms with van der Waals surface area (Å²) in [4.78, 5) is 17.3. The number of nitrogens with zero attached hydrogens (tertiary/aromatic N) is 2. The monoisotopic (exact) mass is 238 g/mol. The van der Waals surface area contributed by atoms with Crippen LogP contribution >= 0.6 is 0 Å². The van der Waals surface area contributed by atoms with E-state index in [-0.39, 0.29) is 11.9 Å². The molecule has 1 aliphatic heterocycles. The number of ether oxygens (including phenoxy) is 1. The van der Waals surface area contributed by atoms with Crippen molar-refractivity contribution in [3.63, 3.8) is 0 Å². The molecular weight excluding hydrogens is 223 g/mol. The Bertz CT molecular complexity index is 388. The molecule has 0 aromatic carbocycles. The standard InChI is InChI=1S/C12H15FN2O2/c1-15(10-4-6-17-7-5-10)12(16)9-2-3-11(13)14-8-9/h2-3,8,10H,4-7H2,1H3. The van der Waals surface area contributed by atoms with E-state index >= 15 is 0 Å². The van der Waals surface area contributed by atoms with Crippen LogP contribution in [0.2, 0.25) is 0 Å². The van der Waals surface area contributed by atoms with E-state index in [0.717, 1.165) is 12.8 Å². The van der Waals surface area contributed by atoms with Gasteiger partial charge in [0.15, 0.2) is 0 Å². The van der Waals surface area contributed by atoms with E-state index in [1.54, 1.807) is 11.9 Å². The topological polar surface area (TPSA) is 42.4 Å². The van der Waals surface area contributed by atoms with Crippen LogP contribution in [0, 0.1) is 5.95 Å². The second-order valence-corrected chi connectivity index (χ2v) is 4.13. The molecule has 0 saturated carbocycles. The molecule has 1 fully saturated rings. The van der Waals surface area contributed by atoms with Crippen LogP contribution in [0.5, 0.6) is 0 Å². The summed E-state index contributed by atoms with van der Waals surface area (Å²) in [7, 11) is 1.77. The number of hydrogen-bond acceptors (Lipinski definition) is 3. The Labute approximate surface area is 99.4 Å². The second-order valence-electron chi connectivity index (χ2n) is 4.13. The summed E-state index contributed by atoms with van der Waals surface area (Å²) in [5.74, 6) is -0.695. The second kappa shape index (κ2) is 5.23. The highest BCUT2D eigenvalue weighted by Gasteiger charge is 2.23. The van der Waals surface area contributed by atoms with Crippen molar-refractivity contribution in [2.75, 3.05) is 20.3 Å². The highest BCUT2D eigenvalue weighted by atomic mass is 19.1. The predicted molar refractivity (Wildman–Crippen MR) is 60.1 cm³/mol. The minimum atomic E-state index is -0.574. The Hall–Kier alpha value is -1.49. The van der Waals surface area contributed by atoms with E-state index in [9.17, 15) is 9.18 Å². The summed E-state index contributed by atoms with van der Waals surface area (Å²) in [6.45, 7) is 1.37. The number of amides is 1. The number of hydrogen-bond donors (Lipinski definition) is 0. The van der Waals surface area contributed by atoms with Crippen LogP contribution in [0.15, 0.2) is 18.3 Å². The lowest BCUT2D eigenvalue weighted by Gasteiger charge is -2.31. The molecule has 2 rings (SSSR count). The fourth-order valence-electron chi connectivity index (χ4n) is 1.94. The van der Waals surface area contributed by atoms with Gasteiger partial charge in [0, 0.05) is 32.5 Å². The van der Waals surface area contributed by atoms with Crippen molar-refractivity contribution >= 4 is 5.91 Å². The smallest absolute Gasteiger partial charge is 0.255 e. The average Bonchev–Trinajstić information content (AvgIpc) is 2.39. The molecule has 0 bridgehead atoms. The molecule has 17 heavy (non-hydrogen) atoms. The zero-order valence-corrected chi connectivity index (χ0v) is 9.73. The molecule has 0 N–H and O–H groups in total. The molecule has 0 atom stereocenters. The molecule has 1 amide bonds.